The summed E-state index contributed by atoms with van der Waals surface area (Å²) in [6, 6.07) is 2.35. The normalized spacial score (nSPS) is 13.0. The lowest BCUT2D eigenvalue weighted by atomic mass is 9.94. The van der Waals surface area contributed by atoms with E-state index in [2.05, 4.69) is 0 Å². The molecule has 0 aliphatic carbocycles. The van der Waals surface area contributed by atoms with Crippen molar-refractivity contribution in [2.45, 2.75) is 18.7 Å². The van der Waals surface area contributed by atoms with Gasteiger partial charge in [-0.1, -0.05) is 13.8 Å². The van der Waals surface area contributed by atoms with Crippen LogP contribution in [0.25, 0.3) is 0 Å². The molecule has 0 amide bonds. The molecule has 7 heteroatoms. The van der Waals surface area contributed by atoms with Gasteiger partial charge in [0.05, 0.1) is 0 Å². The highest BCUT2D eigenvalue weighted by molar-refractivity contribution is 7.89. The summed E-state index contributed by atoms with van der Waals surface area (Å²) in [5.41, 5.74) is 5.08. The van der Waals surface area contributed by atoms with Gasteiger partial charge in [-0.25, -0.2) is 21.5 Å². The Labute approximate surface area is 112 Å². The summed E-state index contributed by atoms with van der Waals surface area (Å²) in [6.07, 6.45) is 0. The first-order chi connectivity index (χ1) is 8.60. The maximum atomic E-state index is 13.5. The van der Waals surface area contributed by atoms with E-state index in [1.54, 1.807) is 13.8 Å². The zero-order valence-corrected chi connectivity index (χ0v) is 12.0. The molecule has 0 saturated carbocycles. The van der Waals surface area contributed by atoms with Crippen LogP contribution in [0.3, 0.4) is 0 Å². The number of nitrogens with two attached hydrogens (primary N) is 1. The molecule has 0 saturated heterocycles. The molecule has 0 heterocycles. The van der Waals surface area contributed by atoms with Gasteiger partial charge in [0.25, 0.3) is 0 Å². The van der Waals surface area contributed by atoms with E-state index >= 15 is 0 Å². The van der Waals surface area contributed by atoms with Crippen molar-refractivity contribution in [3.05, 3.63) is 29.8 Å². The summed E-state index contributed by atoms with van der Waals surface area (Å²) < 4.78 is 52.0. The lowest BCUT2D eigenvalue weighted by molar-refractivity contribution is 0.291. The molecule has 0 bridgehead atoms. The first kappa shape index (κ1) is 16.0. The third-order valence-corrected chi connectivity index (χ3v) is 4.60. The third kappa shape index (κ3) is 3.71. The smallest absolute Gasteiger partial charge is 0.245 e. The van der Waals surface area contributed by atoms with Crippen molar-refractivity contribution < 1.29 is 17.2 Å². The minimum atomic E-state index is -4.07. The molecule has 1 aromatic carbocycles. The topological polar surface area (TPSA) is 63.4 Å². The number of hydrogen-bond donors (Lipinski definition) is 1. The number of nitrogens with zero attached hydrogens (tertiary/aromatic N) is 1. The van der Waals surface area contributed by atoms with Crippen LogP contribution in [-0.4, -0.2) is 32.9 Å². The van der Waals surface area contributed by atoms with Crippen LogP contribution in [0, 0.1) is 17.0 Å². The number of hydrogen-bond acceptors (Lipinski definition) is 3. The molecule has 19 heavy (non-hydrogen) atoms. The molecule has 4 nitrogen and oxygen atoms in total. The van der Waals surface area contributed by atoms with E-state index in [1.807, 2.05) is 0 Å². The van der Waals surface area contributed by atoms with Crippen LogP contribution in [0.2, 0.25) is 0 Å². The van der Waals surface area contributed by atoms with Crippen molar-refractivity contribution in [1.29, 1.82) is 0 Å². The van der Waals surface area contributed by atoms with Crippen LogP contribution >= 0.6 is 0 Å². The summed E-state index contributed by atoms with van der Waals surface area (Å²) in [5.74, 6) is -1.77. The summed E-state index contributed by atoms with van der Waals surface area (Å²) in [7, 11) is -2.76. The quantitative estimate of drug-likeness (QED) is 0.896. The Morgan fingerprint density at radius 3 is 2.42 bits per heavy atom. The van der Waals surface area contributed by atoms with Crippen molar-refractivity contribution in [3.63, 3.8) is 0 Å². The Hall–Kier alpha value is -1.05. The Morgan fingerprint density at radius 1 is 1.32 bits per heavy atom. The Bertz CT molecular complexity index is 559. The molecule has 0 aliphatic heterocycles. The van der Waals surface area contributed by atoms with E-state index in [1.165, 1.54) is 7.05 Å². The van der Waals surface area contributed by atoms with Gasteiger partial charge < -0.3 is 5.73 Å². The lowest BCUT2D eigenvalue weighted by Crippen LogP contribution is -2.40. The zero-order valence-electron chi connectivity index (χ0n) is 11.2. The second kappa shape index (κ2) is 5.52. The van der Waals surface area contributed by atoms with Gasteiger partial charge in [-0.2, -0.15) is 0 Å². The Balaban J connectivity index is 3.14. The monoisotopic (exact) mass is 292 g/mol. The van der Waals surface area contributed by atoms with Gasteiger partial charge in [0.1, 0.15) is 16.5 Å². The Morgan fingerprint density at radius 2 is 1.89 bits per heavy atom. The molecule has 0 aromatic heterocycles. The van der Waals surface area contributed by atoms with Gasteiger partial charge in [-0.05, 0) is 30.2 Å². The van der Waals surface area contributed by atoms with E-state index in [9.17, 15) is 17.2 Å². The minimum absolute atomic E-state index is 0.113. The van der Waals surface area contributed by atoms with E-state index in [4.69, 9.17) is 5.73 Å². The fourth-order valence-electron chi connectivity index (χ4n) is 1.60. The maximum absolute atomic E-state index is 13.5. The number of sulfonamides is 1. The van der Waals surface area contributed by atoms with Gasteiger partial charge in [-0.3, -0.25) is 0 Å². The predicted octanol–water partition coefficient (Wildman–Crippen LogP) is 1.57. The minimum Gasteiger partial charge on any atom is -0.330 e. The molecule has 0 spiro atoms. The van der Waals surface area contributed by atoms with Crippen LogP contribution in [0.4, 0.5) is 8.78 Å². The average Bonchev–Trinajstić information content (AvgIpc) is 2.31. The SMILES string of the molecule is CN(CC(C)(C)CN)S(=O)(=O)c1cc(F)ccc1F. The molecule has 108 valence electrons. The molecular formula is C12H18F2N2O2S. The molecular weight excluding hydrogens is 274 g/mol. The average molecular weight is 292 g/mol. The summed E-state index contributed by atoms with van der Waals surface area (Å²) in [6.45, 7) is 3.97. The Kier molecular flexibility index (Phi) is 4.65. The molecule has 0 aliphatic rings. The van der Waals surface area contributed by atoms with Crippen molar-refractivity contribution in [2.24, 2.45) is 11.1 Å². The van der Waals surface area contributed by atoms with E-state index < -0.39 is 32.0 Å². The van der Waals surface area contributed by atoms with Crippen molar-refractivity contribution in [3.8, 4) is 0 Å². The molecule has 1 aromatic rings. The van der Waals surface area contributed by atoms with Crippen LogP contribution in [-0.2, 0) is 10.0 Å². The van der Waals surface area contributed by atoms with E-state index in [0.29, 0.717) is 6.07 Å². The molecule has 0 atom stereocenters. The fraction of sp³-hybridized carbons (Fsp3) is 0.500. The maximum Gasteiger partial charge on any atom is 0.245 e. The highest BCUT2D eigenvalue weighted by atomic mass is 32.2. The largest absolute Gasteiger partial charge is 0.330 e. The van der Waals surface area contributed by atoms with Crippen molar-refractivity contribution in [1.82, 2.24) is 4.31 Å². The zero-order chi connectivity index (χ0) is 14.8. The van der Waals surface area contributed by atoms with Crippen LogP contribution in [0.5, 0.6) is 0 Å². The van der Waals surface area contributed by atoms with Crippen molar-refractivity contribution in [2.75, 3.05) is 20.1 Å². The number of rotatable bonds is 5. The lowest BCUT2D eigenvalue weighted by Gasteiger charge is -2.28. The van der Waals surface area contributed by atoms with Crippen LogP contribution < -0.4 is 5.73 Å². The van der Waals surface area contributed by atoms with Gasteiger partial charge in [0, 0.05) is 13.6 Å². The highest BCUT2D eigenvalue weighted by Crippen LogP contribution is 2.23. The molecule has 0 radical (unpaired) electrons. The van der Waals surface area contributed by atoms with Crippen LogP contribution in [0.15, 0.2) is 23.1 Å². The predicted molar refractivity (Wildman–Crippen MR) is 69.0 cm³/mol. The van der Waals surface area contributed by atoms with Gasteiger partial charge in [0.2, 0.25) is 10.0 Å². The number of benzene rings is 1. The first-order valence-corrected chi connectivity index (χ1v) is 7.15. The summed E-state index contributed by atoms with van der Waals surface area (Å²) in [5, 5.41) is 0. The van der Waals surface area contributed by atoms with Crippen LogP contribution in [0.1, 0.15) is 13.8 Å². The second-order valence-electron chi connectivity index (χ2n) is 5.20. The molecule has 0 unspecified atom stereocenters. The molecule has 0 fully saturated rings. The van der Waals surface area contributed by atoms with Gasteiger partial charge >= 0.3 is 0 Å². The summed E-state index contributed by atoms with van der Waals surface area (Å²) >= 11 is 0. The highest BCUT2D eigenvalue weighted by Gasteiger charge is 2.29. The molecule has 2 N–H and O–H groups in total. The third-order valence-electron chi connectivity index (χ3n) is 2.78. The van der Waals surface area contributed by atoms with Gasteiger partial charge in [-0.15, -0.1) is 0 Å². The fourth-order valence-corrected chi connectivity index (χ4v) is 3.03. The standard InChI is InChI=1S/C12H18F2N2O2S/c1-12(2,7-15)8-16(3)19(17,18)11-6-9(13)4-5-10(11)14/h4-6H,7-8,15H2,1-3H3. The second-order valence-corrected chi connectivity index (χ2v) is 7.22. The summed E-state index contributed by atoms with van der Waals surface area (Å²) in [4.78, 5) is -0.664. The van der Waals surface area contributed by atoms with Gasteiger partial charge in [0.15, 0.2) is 0 Å². The van der Waals surface area contributed by atoms with E-state index in [0.717, 1.165) is 16.4 Å². The van der Waals surface area contributed by atoms with E-state index in [-0.39, 0.29) is 13.1 Å². The number of halogens is 2. The first-order valence-electron chi connectivity index (χ1n) is 5.71. The van der Waals surface area contributed by atoms with Crippen molar-refractivity contribution >= 4 is 10.0 Å². The molecule has 1 rings (SSSR count).